The highest BCUT2D eigenvalue weighted by Crippen LogP contribution is 2.08. The molecular formula is C11H12O3. The Balaban J connectivity index is 2.69. The van der Waals surface area contributed by atoms with Crippen LogP contribution >= 0.6 is 0 Å². The fraction of sp³-hybridized carbons (Fsp3) is 0.182. The van der Waals surface area contributed by atoms with Crippen LogP contribution in [-0.2, 0) is 14.6 Å². The van der Waals surface area contributed by atoms with Gasteiger partial charge in [-0.15, -0.1) is 0 Å². The summed E-state index contributed by atoms with van der Waals surface area (Å²) in [6.45, 7) is 1.97. The lowest BCUT2D eigenvalue weighted by Gasteiger charge is -1.97. The molecule has 0 radical (unpaired) electrons. The number of hydrogen-bond acceptors (Lipinski definition) is 3. The maximum atomic E-state index is 10.9. The van der Waals surface area contributed by atoms with Crippen LogP contribution in [0.15, 0.2) is 30.3 Å². The number of hydrogen-bond donors (Lipinski definition) is 0. The molecule has 0 atom stereocenters. The average molecular weight is 192 g/mol. The molecule has 0 fully saturated rings. The third-order valence-electron chi connectivity index (χ3n) is 1.75. The molecule has 0 saturated carbocycles. The van der Waals surface area contributed by atoms with E-state index in [-0.39, 0.29) is 0 Å². The van der Waals surface area contributed by atoms with E-state index >= 15 is 0 Å². The lowest BCUT2D eigenvalue weighted by Crippen LogP contribution is -1.98. The van der Waals surface area contributed by atoms with Gasteiger partial charge < -0.3 is 0 Å². The SMILES string of the molecule is COOC(=O)/C=C/c1ccccc1C. The smallest absolute Gasteiger partial charge is 0.294 e. The van der Waals surface area contributed by atoms with Crippen LogP contribution in [0.3, 0.4) is 0 Å². The molecule has 0 N–H and O–H groups in total. The molecule has 0 aliphatic rings. The standard InChI is InChI=1S/C11H12O3/c1-9-5-3-4-6-10(9)7-8-11(12)14-13-2/h3-8H,1-2H3/b8-7+. The van der Waals surface area contributed by atoms with E-state index in [0.717, 1.165) is 11.1 Å². The van der Waals surface area contributed by atoms with Gasteiger partial charge in [0.15, 0.2) is 0 Å². The molecule has 0 aliphatic carbocycles. The molecule has 1 rings (SSSR count). The van der Waals surface area contributed by atoms with E-state index < -0.39 is 5.97 Å². The minimum atomic E-state index is -0.518. The molecule has 0 unspecified atom stereocenters. The first-order valence-electron chi connectivity index (χ1n) is 4.22. The van der Waals surface area contributed by atoms with Crippen LogP contribution in [0.1, 0.15) is 11.1 Å². The van der Waals surface area contributed by atoms with E-state index in [2.05, 4.69) is 9.78 Å². The number of carbonyl (C=O) groups is 1. The van der Waals surface area contributed by atoms with Gasteiger partial charge in [-0.1, -0.05) is 24.3 Å². The monoisotopic (exact) mass is 192 g/mol. The summed E-state index contributed by atoms with van der Waals surface area (Å²) in [5, 5.41) is 0. The third kappa shape index (κ3) is 3.03. The van der Waals surface area contributed by atoms with Crippen molar-refractivity contribution in [2.24, 2.45) is 0 Å². The van der Waals surface area contributed by atoms with Gasteiger partial charge in [0.05, 0.1) is 7.11 Å². The van der Waals surface area contributed by atoms with Crippen LogP contribution in [0.25, 0.3) is 6.08 Å². The molecule has 0 aliphatic heterocycles. The number of carbonyl (C=O) groups excluding carboxylic acids is 1. The minimum absolute atomic E-state index is 0.518. The average Bonchev–Trinajstić information content (AvgIpc) is 2.17. The maximum absolute atomic E-state index is 10.9. The molecule has 0 spiro atoms. The summed E-state index contributed by atoms with van der Waals surface area (Å²) in [7, 11) is 1.29. The van der Waals surface area contributed by atoms with Crippen molar-refractivity contribution in [3.63, 3.8) is 0 Å². The van der Waals surface area contributed by atoms with Crippen LogP contribution in [0.4, 0.5) is 0 Å². The topological polar surface area (TPSA) is 35.5 Å². The fourth-order valence-electron chi connectivity index (χ4n) is 1.04. The van der Waals surface area contributed by atoms with Crippen molar-refractivity contribution in [2.75, 3.05) is 7.11 Å². The van der Waals surface area contributed by atoms with Crippen molar-refractivity contribution in [2.45, 2.75) is 6.92 Å². The second kappa shape index (κ2) is 5.19. The van der Waals surface area contributed by atoms with Gasteiger partial charge in [0.25, 0.3) is 0 Å². The molecule has 0 heterocycles. The van der Waals surface area contributed by atoms with Gasteiger partial charge in [-0.2, -0.15) is 4.89 Å². The van der Waals surface area contributed by atoms with Crippen LogP contribution in [0.2, 0.25) is 0 Å². The van der Waals surface area contributed by atoms with E-state index in [0.29, 0.717) is 0 Å². The van der Waals surface area contributed by atoms with E-state index in [9.17, 15) is 4.79 Å². The summed E-state index contributed by atoms with van der Waals surface area (Å²) in [5.74, 6) is -0.518. The molecule has 0 saturated heterocycles. The van der Waals surface area contributed by atoms with Crippen molar-refractivity contribution in [1.82, 2.24) is 0 Å². The summed E-state index contributed by atoms with van der Waals surface area (Å²) in [6, 6.07) is 7.75. The summed E-state index contributed by atoms with van der Waals surface area (Å²) < 4.78 is 0. The highest BCUT2D eigenvalue weighted by molar-refractivity contribution is 5.86. The lowest BCUT2D eigenvalue weighted by molar-refractivity contribution is -0.249. The summed E-state index contributed by atoms with van der Waals surface area (Å²) in [5.41, 5.74) is 2.09. The predicted octanol–water partition coefficient (Wildman–Crippen LogP) is 2.11. The Bertz CT molecular complexity index is 342. The van der Waals surface area contributed by atoms with Crippen LogP contribution in [0.5, 0.6) is 0 Å². The van der Waals surface area contributed by atoms with E-state index in [4.69, 9.17) is 0 Å². The highest BCUT2D eigenvalue weighted by Gasteiger charge is 1.96. The number of rotatable bonds is 3. The Morgan fingerprint density at radius 1 is 1.36 bits per heavy atom. The zero-order chi connectivity index (χ0) is 10.4. The summed E-state index contributed by atoms with van der Waals surface area (Å²) in [4.78, 5) is 19.4. The Morgan fingerprint density at radius 3 is 2.71 bits per heavy atom. The second-order valence-electron chi connectivity index (χ2n) is 2.76. The number of benzene rings is 1. The van der Waals surface area contributed by atoms with Crippen molar-refractivity contribution in [1.29, 1.82) is 0 Å². The molecule has 74 valence electrons. The van der Waals surface area contributed by atoms with Gasteiger partial charge in [-0.25, -0.2) is 4.79 Å². The summed E-state index contributed by atoms with van der Waals surface area (Å²) >= 11 is 0. The molecule has 1 aromatic rings. The second-order valence-corrected chi connectivity index (χ2v) is 2.76. The van der Waals surface area contributed by atoms with E-state index in [1.165, 1.54) is 13.2 Å². The van der Waals surface area contributed by atoms with Crippen molar-refractivity contribution >= 4 is 12.0 Å². The molecule has 3 nitrogen and oxygen atoms in total. The van der Waals surface area contributed by atoms with E-state index in [1.807, 2.05) is 31.2 Å². The molecule has 0 amide bonds. The number of aryl methyl sites for hydroxylation is 1. The van der Waals surface area contributed by atoms with Crippen molar-refractivity contribution in [3.05, 3.63) is 41.5 Å². The minimum Gasteiger partial charge on any atom is -0.294 e. The first-order valence-corrected chi connectivity index (χ1v) is 4.22. The Labute approximate surface area is 82.9 Å². The fourth-order valence-corrected chi connectivity index (χ4v) is 1.04. The molecule has 0 aromatic heterocycles. The molecule has 3 heteroatoms. The largest absolute Gasteiger partial charge is 0.365 e. The highest BCUT2D eigenvalue weighted by atomic mass is 17.2. The first-order chi connectivity index (χ1) is 6.74. The zero-order valence-corrected chi connectivity index (χ0v) is 8.19. The molecule has 14 heavy (non-hydrogen) atoms. The molecule has 1 aromatic carbocycles. The Morgan fingerprint density at radius 2 is 2.07 bits per heavy atom. The third-order valence-corrected chi connectivity index (χ3v) is 1.75. The molecule has 0 bridgehead atoms. The van der Waals surface area contributed by atoms with Gasteiger partial charge in [-0.3, -0.25) is 4.89 Å². The van der Waals surface area contributed by atoms with Crippen LogP contribution in [0, 0.1) is 6.92 Å². The van der Waals surface area contributed by atoms with Gasteiger partial charge in [-0.05, 0) is 24.1 Å². The van der Waals surface area contributed by atoms with Gasteiger partial charge in [0.1, 0.15) is 0 Å². The summed E-state index contributed by atoms with van der Waals surface area (Å²) in [6.07, 6.45) is 3.02. The van der Waals surface area contributed by atoms with Crippen molar-refractivity contribution in [3.8, 4) is 0 Å². The van der Waals surface area contributed by atoms with Gasteiger partial charge >= 0.3 is 5.97 Å². The van der Waals surface area contributed by atoms with E-state index in [1.54, 1.807) is 6.08 Å². The predicted molar refractivity (Wildman–Crippen MR) is 53.3 cm³/mol. The van der Waals surface area contributed by atoms with Crippen molar-refractivity contribution < 1.29 is 14.6 Å². The Hall–Kier alpha value is -1.61. The van der Waals surface area contributed by atoms with Crippen LogP contribution in [-0.4, -0.2) is 13.1 Å². The molecular weight excluding hydrogens is 180 g/mol. The van der Waals surface area contributed by atoms with Gasteiger partial charge in [0, 0.05) is 6.08 Å². The van der Waals surface area contributed by atoms with Crippen LogP contribution < -0.4 is 0 Å². The maximum Gasteiger partial charge on any atom is 0.365 e. The van der Waals surface area contributed by atoms with Gasteiger partial charge in [0.2, 0.25) is 0 Å². The zero-order valence-electron chi connectivity index (χ0n) is 8.19. The quantitative estimate of drug-likeness (QED) is 0.418. The Kier molecular flexibility index (Phi) is 3.88. The first kappa shape index (κ1) is 10.5. The normalized spacial score (nSPS) is 10.4. The lowest BCUT2D eigenvalue weighted by atomic mass is 10.1.